The standard InChI is InChI=1S/3C18H11BrF2N4O3S.C4H10N2.K/c3*19-14-8-24-17(29-18(20,21)16(28)23-9-15(26)27)25(14)13-6-5-10(7-22)11-3-1-2-4-12(11)13;1-2-6-4-3-5-1;/h3*1-6,8H,9H2,(H,23,28)(H,26,27);5-6H,1-4H2;/q;;;;+1/p-1. The van der Waals surface area contributed by atoms with E-state index in [1.165, 1.54) is 32.3 Å². The van der Waals surface area contributed by atoms with Gasteiger partial charge in [0.25, 0.3) is 0 Å². The fraction of sp³-hybridized carbons (Fsp3) is 0.172. The summed E-state index contributed by atoms with van der Waals surface area (Å²) in [7, 11) is 0. The summed E-state index contributed by atoms with van der Waals surface area (Å²) in [6.45, 7) is 1.67. The van der Waals surface area contributed by atoms with Crippen molar-refractivity contribution in [3.63, 3.8) is 0 Å². The Bertz CT molecular complexity index is 4030. The molecular formula is C58H42Br3F6KN14O9S3. The number of nitrogens with zero attached hydrogens (tertiary/aromatic N) is 9. The van der Waals surface area contributed by atoms with Gasteiger partial charge >= 0.3 is 96.8 Å². The number of carbonyl (C=O) groups excluding carboxylic acids is 4. The van der Waals surface area contributed by atoms with Crippen LogP contribution in [0.15, 0.2) is 157 Å². The van der Waals surface area contributed by atoms with Crippen LogP contribution in [0.2, 0.25) is 0 Å². The zero-order chi connectivity index (χ0) is 67.8. The normalized spacial score (nSPS) is 11.9. The van der Waals surface area contributed by atoms with Crippen molar-refractivity contribution >= 4 is 151 Å². The Morgan fingerprint density at radius 1 is 0.479 bits per heavy atom. The molecule has 1 aliphatic heterocycles. The molecule has 0 saturated carbocycles. The molecule has 6 aromatic carbocycles. The third kappa shape index (κ3) is 19.2. The number of hydrogen-bond donors (Lipinski definition) is 7. The molecule has 0 bridgehead atoms. The molecule has 9 aromatic rings. The molecule has 23 nitrogen and oxygen atoms in total. The van der Waals surface area contributed by atoms with Gasteiger partial charge in [0.2, 0.25) is 0 Å². The van der Waals surface area contributed by atoms with Crippen molar-refractivity contribution in [2.24, 2.45) is 0 Å². The number of benzene rings is 6. The van der Waals surface area contributed by atoms with Crippen molar-refractivity contribution in [2.45, 2.75) is 31.2 Å². The van der Waals surface area contributed by atoms with E-state index in [0.717, 1.165) is 26.2 Å². The molecule has 0 atom stereocenters. The molecule has 0 radical (unpaired) electrons. The van der Waals surface area contributed by atoms with Gasteiger partial charge in [0, 0.05) is 58.5 Å². The second kappa shape index (κ2) is 34.4. The molecule has 3 aromatic heterocycles. The van der Waals surface area contributed by atoms with E-state index in [2.05, 4.69) is 91.6 Å². The number of alkyl halides is 6. The molecule has 7 N–H and O–H groups in total. The number of nitriles is 3. The number of nitrogens with one attached hydrogen (secondary N) is 5. The van der Waals surface area contributed by atoms with Crippen LogP contribution in [0, 0.1) is 34.0 Å². The molecule has 0 aliphatic carbocycles. The molecular weight excluding hydrogens is 1530 g/mol. The van der Waals surface area contributed by atoms with Crippen LogP contribution in [0.5, 0.6) is 0 Å². The molecule has 4 heterocycles. The Hall–Kier alpha value is -7.35. The van der Waals surface area contributed by atoms with Gasteiger partial charge < -0.3 is 46.7 Å². The second-order valence-corrected chi connectivity index (χ2v) is 24.2. The molecule has 3 amide bonds. The van der Waals surface area contributed by atoms with E-state index < -0.39 is 71.0 Å². The molecule has 0 spiro atoms. The number of rotatable bonds is 18. The second-order valence-electron chi connectivity index (χ2n) is 18.5. The predicted octanol–water partition coefficient (Wildman–Crippen LogP) is 5.48. The maximum atomic E-state index is 14.3. The van der Waals surface area contributed by atoms with E-state index in [1.807, 2.05) is 0 Å². The summed E-state index contributed by atoms with van der Waals surface area (Å²) >= 11 is 9.43. The molecule has 94 heavy (non-hydrogen) atoms. The van der Waals surface area contributed by atoms with E-state index in [0.29, 0.717) is 79.9 Å². The maximum absolute atomic E-state index is 14.3. The summed E-state index contributed by atoms with van der Waals surface area (Å²) in [5.41, 5.74) is 2.70. The van der Waals surface area contributed by atoms with Crippen molar-refractivity contribution in [2.75, 3.05) is 45.8 Å². The van der Waals surface area contributed by atoms with Gasteiger partial charge in [-0.25, -0.2) is 15.0 Å². The van der Waals surface area contributed by atoms with Crippen molar-refractivity contribution in [3.05, 3.63) is 158 Å². The van der Waals surface area contributed by atoms with Gasteiger partial charge in [-0.3, -0.25) is 37.7 Å². The minimum atomic E-state index is -3.99. The van der Waals surface area contributed by atoms with E-state index in [9.17, 15) is 76.0 Å². The largest absolute Gasteiger partial charge is 1.00 e. The van der Waals surface area contributed by atoms with Gasteiger partial charge in [0.05, 0.1) is 83.1 Å². The quantitative estimate of drug-likeness (QED) is 0.0317. The summed E-state index contributed by atoms with van der Waals surface area (Å²) in [6.07, 6.45) is 3.91. The Labute approximate surface area is 608 Å². The van der Waals surface area contributed by atoms with Gasteiger partial charge in [-0.15, -0.1) is 0 Å². The molecule has 1 fully saturated rings. The number of piperazine rings is 1. The van der Waals surface area contributed by atoms with Crippen LogP contribution in [0.1, 0.15) is 16.7 Å². The summed E-state index contributed by atoms with van der Waals surface area (Å²) in [5.74, 6) is -9.81. The van der Waals surface area contributed by atoms with Gasteiger partial charge in [-0.05, 0) is 119 Å². The van der Waals surface area contributed by atoms with Crippen molar-refractivity contribution < 1.29 is 122 Å². The van der Waals surface area contributed by atoms with E-state index >= 15 is 0 Å². The van der Waals surface area contributed by atoms with Gasteiger partial charge in [-0.2, -0.15) is 42.1 Å². The van der Waals surface area contributed by atoms with Gasteiger partial charge in [-0.1, -0.05) is 72.8 Å². The first kappa shape index (κ1) is 75.7. The van der Waals surface area contributed by atoms with Crippen LogP contribution in [0.4, 0.5) is 26.3 Å². The van der Waals surface area contributed by atoms with E-state index in [1.54, 1.807) is 125 Å². The Morgan fingerprint density at radius 2 is 0.734 bits per heavy atom. The van der Waals surface area contributed by atoms with Crippen molar-refractivity contribution in [1.82, 2.24) is 55.2 Å². The monoisotopic (exact) mass is 1560 g/mol. The average molecular weight is 1570 g/mol. The number of hydrogen-bond acceptors (Lipinski definition) is 18. The summed E-state index contributed by atoms with van der Waals surface area (Å²) < 4.78 is 91.2. The number of carboxylic acids is 3. The smallest absolute Gasteiger partial charge is 0.548 e. The molecule has 36 heteroatoms. The number of amides is 3. The Kier molecular flexibility index (Phi) is 27.7. The van der Waals surface area contributed by atoms with E-state index in [-0.39, 0.29) is 102 Å². The van der Waals surface area contributed by atoms with E-state index in [4.69, 9.17) is 10.2 Å². The number of carbonyl (C=O) groups is 6. The molecule has 1 aliphatic rings. The zero-order valence-corrected chi connectivity index (χ0v) is 58.3. The van der Waals surface area contributed by atoms with Crippen LogP contribution in [-0.4, -0.2) is 136 Å². The minimum Gasteiger partial charge on any atom is -0.548 e. The summed E-state index contributed by atoms with van der Waals surface area (Å²) in [6, 6.07) is 36.7. The third-order valence-corrected chi connectivity index (χ3v) is 16.9. The molecule has 0 unspecified atom stereocenters. The van der Waals surface area contributed by atoms with Crippen LogP contribution >= 0.6 is 83.1 Å². The van der Waals surface area contributed by atoms with Gasteiger partial charge in [0.1, 0.15) is 26.9 Å². The summed E-state index contributed by atoms with van der Waals surface area (Å²) in [5, 5.41) is 58.0. The number of aromatic nitrogens is 6. The molecule has 480 valence electrons. The summed E-state index contributed by atoms with van der Waals surface area (Å²) in [4.78, 5) is 78.2. The first-order valence-corrected chi connectivity index (χ1v) is 31.1. The number of carboxylic acid groups (broad SMARTS) is 3. The first-order chi connectivity index (χ1) is 44.2. The van der Waals surface area contributed by atoms with Crippen LogP contribution < -0.4 is 83.1 Å². The third-order valence-electron chi connectivity index (χ3n) is 12.4. The molecule has 10 rings (SSSR count). The number of fused-ring (bicyclic) bond motifs is 3. The van der Waals surface area contributed by atoms with Crippen molar-refractivity contribution in [3.8, 4) is 35.3 Å². The van der Waals surface area contributed by atoms with Gasteiger partial charge in [0.15, 0.2) is 15.5 Å². The minimum absolute atomic E-state index is 0. The molecule has 1 saturated heterocycles. The number of thioether (sulfide) groups is 3. The SMILES string of the molecule is C1CNCCN1.N#Cc1ccc(-n2c(Br)cnc2SC(F)(F)C(=O)NCC(=O)O)c2ccccc12.N#Cc1ccc(-n2c(Br)cnc2SC(F)(F)C(=O)NCC(=O)O)c2ccccc12.N#Cc1ccc(-n2c(Br)cnc2SC(F)(F)C(=O)NCC(=O)[O-])c2ccccc12.[K+]. The van der Waals surface area contributed by atoms with Crippen LogP contribution in [0.25, 0.3) is 49.4 Å². The Morgan fingerprint density at radius 3 is 0.968 bits per heavy atom. The number of imidazole rings is 3. The maximum Gasteiger partial charge on any atom is 1.00 e. The number of halogens is 9. The van der Waals surface area contributed by atoms with Crippen LogP contribution in [-0.2, 0) is 28.8 Å². The van der Waals surface area contributed by atoms with Crippen LogP contribution in [0.3, 0.4) is 0 Å². The average Bonchev–Trinajstić information content (AvgIpc) is 1.44. The first-order valence-electron chi connectivity index (χ1n) is 26.3. The Balaban J connectivity index is 0.000000212. The van der Waals surface area contributed by atoms with Crippen molar-refractivity contribution in [1.29, 1.82) is 15.8 Å². The number of aliphatic carboxylic acids is 3. The predicted molar refractivity (Wildman–Crippen MR) is 338 cm³/mol. The zero-order valence-electron chi connectivity index (χ0n) is 48.0. The fourth-order valence-electron chi connectivity index (χ4n) is 8.40. The topological polar surface area (TPSA) is 351 Å². The fourth-order valence-corrected chi connectivity index (χ4v) is 12.5.